The zero-order valence-electron chi connectivity index (χ0n) is 29.8. The summed E-state index contributed by atoms with van der Waals surface area (Å²) in [6.45, 7) is 10.2. The SMILES string of the molecule is CCC(C)O[C@@H]1O[C@H](C(=O)O)[C@@H](O[C@H]2O[C@H](CO[Si](c3ccccc3)(c3ccccc3)C(C)(C)C)[C@@H](O)[C@H](O)[C@H]2NC(C)=O)[C@H](O)[C@H]1OS(=O)(=O)O. The van der Waals surface area contributed by atoms with E-state index < -0.39 is 103 Å². The highest BCUT2D eigenvalue weighted by Gasteiger charge is 2.56. The van der Waals surface area contributed by atoms with Gasteiger partial charge in [-0.1, -0.05) is 88.4 Å². The van der Waals surface area contributed by atoms with Gasteiger partial charge >= 0.3 is 16.4 Å². The van der Waals surface area contributed by atoms with Crippen LogP contribution in [-0.2, 0) is 47.5 Å². The number of aliphatic carboxylic acids is 1. The van der Waals surface area contributed by atoms with E-state index in [2.05, 4.69) is 9.50 Å². The van der Waals surface area contributed by atoms with Crippen LogP contribution in [0, 0.1) is 0 Å². The molecule has 2 fully saturated rings. The third kappa shape index (κ3) is 9.44. The fourth-order valence-electron chi connectivity index (χ4n) is 6.55. The quantitative estimate of drug-likeness (QED) is 0.110. The van der Waals surface area contributed by atoms with Gasteiger partial charge in [-0.15, -0.1) is 0 Å². The molecule has 0 radical (unpaired) electrons. The Morgan fingerprint density at radius 3 is 1.92 bits per heavy atom. The molecule has 0 spiro atoms. The lowest BCUT2D eigenvalue weighted by Gasteiger charge is -2.48. The van der Waals surface area contributed by atoms with E-state index in [1.807, 2.05) is 81.4 Å². The molecular formula is C34H49NO15SSi. The lowest BCUT2D eigenvalue weighted by Crippen LogP contribution is -2.70. The van der Waals surface area contributed by atoms with Gasteiger partial charge in [0.05, 0.1) is 12.7 Å². The van der Waals surface area contributed by atoms with Crippen molar-refractivity contribution in [3.05, 3.63) is 60.7 Å². The fourth-order valence-corrected chi connectivity index (χ4v) is 11.6. The van der Waals surface area contributed by atoms with Crippen LogP contribution in [0.5, 0.6) is 0 Å². The summed E-state index contributed by atoms with van der Waals surface area (Å²) >= 11 is 0. The number of carboxylic acid groups (broad SMARTS) is 1. The van der Waals surface area contributed by atoms with Gasteiger partial charge in [0.25, 0.3) is 8.32 Å². The van der Waals surface area contributed by atoms with E-state index in [1.165, 1.54) is 0 Å². The predicted octanol–water partition coefficient (Wildman–Crippen LogP) is 0.0731. The monoisotopic (exact) mass is 771 g/mol. The summed E-state index contributed by atoms with van der Waals surface area (Å²) in [5.41, 5.74) is 0. The van der Waals surface area contributed by atoms with Gasteiger partial charge in [-0.25, -0.2) is 8.98 Å². The Balaban J connectivity index is 1.72. The fraction of sp³-hybridized carbons (Fsp3) is 0.588. The maximum atomic E-state index is 12.5. The van der Waals surface area contributed by atoms with Gasteiger partial charge in [-0.05, 0) is 28.8 Å². The molecule has 2 saturated heterocycles. The summed E-state index contributed by atoms with van der Waals surface area (Å²) in [6, 6.07) is 17.6. The first kappa shape index (κ1) is 41.9. The number of carbonyl (C=O) groups excluding carboxylic acids is 1. The van der Waals surface area contributed by atoms with Gasteiger partial charge in [0, 0.05) is 6.92 Å². The molecule has 0 aliphatic carbocycles. The molecule has 2 aliphatic rings. The summed E-state index contributed by atoms with van der Waals surface area (Å²) < 4.78 is 67.9. The first-order valence-electron chi connectivity index (χ1n) is 16.9. The van der Waals surface area contributed by atoms with Gasteiger partial charge in [0.2, 0.25) is 5.91 Å². The second kappa shape index (κ2) is 17.1. The molecule has 1 unspecified atom stereocenters. The number of carboxylic acids is 1. The normalized spacial score (nSPS) is 30.7. The van der Waals surface area contributed by atoms with Crippen LogP contribution in [0.2, 0.25) is 5.04 Å². The van der Waals surface area contributed by atoms with E-state index in [1.54, 1.807) is 13.8 Å². The minimum Gasteiger partial charge on any atom is -0.479 e. The molecule has 18 heteroatoms. The number of aliphatic hydroxyl groups excluding tert-OH is 3. The average Bonchev–Trinajstić information content (AvgIpc) is 3.07. The number of hydrogen-bond acceptors (Lipinski definition) is 13. The van der Waals surface area contributed by atoms with Gasteiger partial charge in [-0.3, -0.25) is 9.35 Å². The largest absolute Gasteiger partial charge is 0.479 e. The highest BCUT2D eigenvalue weighted by molar-refractivity contribution is 7.80. The van der Waals surface area contributed by atoms with Gasteiger partial charge in [0.15, 0.2) is 24.8 Å². The molecule has 2 aromatic rings. The van der Waals surface area contributed by atoms with Crippen LogP contribution in [0.3, 0.4) is 0 Å². The van der Waals surface area contributed by atoms with Gasteiger partial charge in [-0.2, -0.15) is 8.42 Å². The van der Waals surface area contributed by atoms with Gasteiger partial charge in [0.1, 0.15) is 36.6 Å². The van der Waals surface area contributed by atoms with E-state index in [4.69, 9.17) is 23.4 Å². The molecule has 0 bridgehead atoms. The Hall–Kier alpha value is -2.85. The van der Waals surface area contributed by atoms with Crippen LogP contribution in [0.25, 0.3) is 0 Å². The Bertz CT molecular complexity index is 1560. The minimum absolute atomic E-state index is 0.316. The molecule has 290 valence electrons. The zero-order valence-corrected chi connectivity index (χ0v) is 31.6. The third-order valence-corrected chi connectivity index (χ3v) is 14.7. The molecule has 16 nitrogen and oxygen atoms in total. The summed E-state index contributed by atoms with van der Waals surface area (Å²) in [5.74, 6) is -2.34. The number of hydrogen-bond donors (Lipinski definition) is 6. The number of ether oxygens (including phenoxy) is 4. The van der Waals surface area contributed by atoms with Crippen molar-refractivity contribution in [3.8, 4) is 0 Å². The van der Waals surface area contributed by atoms with Crippen molar-refractivity contribution in [2.45, 2.75) is 120 Å². The van der Waals surface area contributed by atoms with E-state index in [9.17, 15) is 43.0 Å². The smallest absolute Gasteiger partial charge is 0.397 e. The maximum Gasteiger partial charge on any atom is 0.397 e. The van der Waals surface area contributed by atoms with E-state index in [0.717, 1.165) is 17.3 Å². The van der Waals surface area contributed by atoms with Crippen molar-refractivity contribution >= 4 is 41.0 Å². The van der Waals surface area contributed by atoms with Crippen molar-refractivity contribution < 1.29 is 70.5 Å². The second-order valence-corrected chi connectivity index (χ2v) is 19.3. The highest BCUT2D eigenvalue weighted by Crippen LogP contribution is 2.38. The van der Waals surface area contributed by atoms with Crippen molar-refractivity contribution in [2.24, 2.45) is 0 Å². The molecular weight excluding hydrogens is 723 g/mol. The topological polar surface area (TPSA) is 237 Å². The summed E-state index contributed by atoms with van der Waals surface area (Å²) in [4.78, 5) is 24.7. The first-order chi connectivity index (χ1) is 24.3. The lowest BCUT2D eigenvalue weighted by molar-refractivity contribution is -0.341. The van der Waals surface area contributed by atoms with Crippen molar-refractivity contribution in [1.82, 2.24) is 5.32 Å². The Morgan fingerprint density at radius 1 is 0.904 bits per heavy atom. The second-order valence-electron chi connectivity index (χ2n) is 13.9. The first-order valence-corrected chi connectivity index (χ1v) is 20.1. The van der Waals surface area contributed by atoms with E-state index >= 15 is 0 Å². The van der Waals surface area contributed by atoms with Crippen LogP contribution in [0.1, 0.15) is 48.0 Å². The Morgan fingerprint density at radius 2 is 1.46 bits per heavy atom. The molecule has 11 atom stereocenters. The number of aliphatic hydroxyl groups is 3. The third-order valence-electron chi connectivity index (χ3n) is 9.18. The van der Waals surface area contributed by atoms with Crippen LogP contribution in [-0.4, -0.2) is 128 Å². The number of rotatable bonds is 14. The average molecular weight is 772 g/mol. The van der Waals surface area contributed by atoms with Crippen LogP contribution in [0.15, 0.2) is 60.7 Å². The molecule has 4 rings (SSSR count). The van der Waals surface area contributed by atoms with Gasteiger partial charge < -0.3 is 49.1 Å². The minimum atomic E-state index is -5.25. The molecule has 2 aliphatic heterocycles. The van der Waals surface area contributed by atoms with Crippen LogP contribution < -0.4 is 15.7 Å². The standard InChI is InChI=1S/C34H49NO15SSi/c1-7-19(2)46-33-29(50-51(42,43)44)27(39)28(30(49-33)31(40)41)48-32-24(35-20(3)36)26(38)25(37)23(47-32)18-45-52(34(4,5)6,21-14-10-8-11-15-21)22-16-12-9-13-17-22/h8-17,19,23-30,32-33,37-39H,7,18H2,1-6H3,(H,35,36)(H,40,41)(H,42,43,44)/t19?,23-,24-,25-,26-,27+,28+,29-,30+,32-,33-/m1/s1. The number of amides is 1. The van der Waals surface area contributed by atoms with Crippen LogP contribution >= 0.6 is 0 Å². The van der Waals surface area contributed by atoms with Crippen molar-refractivity contribution in [3.63, 3.8) is 0 Å². The number of benzene rings is 2. The molecule has 1 amide bonds. The van der Waals surface area contributed by atoms with E-state index in [-0.39, 0.29) is 6.61 Å². The van der Waals surface area contributed by atoms with Crippen LogP contribution in [0.4, 0.5) is 0 Å². The number of carbonyl (C=O) groups is 2. The van der Waals surface area contributed by atoms with Crippen molar-refractivity contribution in [1.29, 1.82) is 0 Å². The predicted molar refractivity (Wildman–Crippen MR) is 186 cm³/mol. The summed E-state index contributed by atoms with van der Waals surface area (Å²) in [5, 5.41) is 48.0. The summed E-state index contributed by atoms with van der Waals surface area (Å²) in [7, 11) is -8.47. The van der Waals surface area contributed by atoms with Crippen molar-refractivity contribution in [2.75, 3.05) is 6.61 Å². The highest BCUT2D eigenvalue weighted by atomic mass is 32.3. The molecule has 2 aromatic carbocycles. The molecule has 0 saturated carbocycles. The maximum absolute atomic E-state index is 12.5. The molecule has 52 heavy (non-hydrogen) atoms. The molecule has 6 N–H and O–H groups in total. The number of nitrogens with one attached hydrogen (secondary N) is 1. The zero-order chi connectivity index (χ0) is 38.6. The molecule has 0 aromatic heterocycles. The van der Waals surface area contributed by atoms with E-state index in [0.29, 0.717) is 6.42 Å². The lowest BCUT2D eigenvalue weighted by atomic mass is 9.95. The Labute approximate surface area is 304 Å². The Kier molecular flexibility index (Phi) is 13.8. The molecule has 2 heterocycles. The summed E-state index contributed by atoms with van der Waals surface area (Å²) in [6.07, 6.45) is -16.8.